The smallest absolute Gasteiger partial charge is 0.0556 e. The summed E-state index contributed by atoms with van der Waals surface area (Å²) in [5.74, 6) is 0. The third-order valence-electron chi connectivity index (χ3n) is 2.97. The second kappa shape index (κ2) is 5.58. The minimum Gasteiger partial charge on any atom is -0.395 e. The summed E-state index contributed by atoms with van der Waals surface area (Å²) in [6.07, 6.45) is 5.08. The van der Waals surface area contributed by atoms with E-state index in [1.807, 2.05) is 0 Å². The van der Waals surface area contributed by atoms with Crippen molar-refractivity contribution in [2.45, 2.75) is 37.8 Å². The van der Waals surface area contributed by atoms with Gasteiger partial charge in [0.15, 0.2) is 0 Å². The molecule has 1 fully saturated rings. The van der Waals surface area contributed by atoms with Gasteiger partial charge in [-0.05, 0) is 39.8 Å². The van der Waals surface area contributed by atoms with Gasteiger partial charge in [0.2, 0.25) is 0 Å². The topological polar surface area (TPSA) is 35.5 Å². The summed E-state index contributed by atoms with van der Waals surface area (Å²) >= 11 is 0. The van der Waals surface area contributed by atoms with Gasteiger partial charge in [0, 0.05) is 18.6 Å². The van der Waals surface area contributed by atoms with Crippen LogP contribution in [0.2, 0.25) is 0 Å². The molecule has 0 atom stereocenters. The highest BCUT2D eigenvalue weighted by Gasteiger charge is 2.21. The summed E-state index contributed by atoms with van der Waals surface area (Å²) < 4.78 is 0. The Morgan fingerprint density at radius 3 is 2.31 bits per heavy atom. The van der Waals surface area contributed by atoms with E-state index >= 15 is 0 Å². The molecule has 3 heteroatoms. The molecule has 78 valence electrons. The van der Waals surface area contributed by atoms with E-state index in [4.69, 9.17) is 5.11 Å². The van der Waals surface area contributed by atoms with Gasteiger partial charge in [-0.1, -0.05) is 0 Å². The Morgan fingerprint density at radius 1 is 1.23 bits per heavy atom. The molecule has 0 aromatic carbocycles. The van der Waals surface area contributed by atoms with Crippen LogP contribution in [0.3, 0.4) is 0 Å². The van der Waals surface area contributed by atoms with Crippen LogP contribution in [0.4, 0.5) is 0 Å². The second-order valence-electron chi connectivity index (χ2n) is 4.15. The number of hydrogen-bond acceptors (Lipinski definition) is 3. The van der Waals surface area contributed by atoms with Crippen LogP contribution in [0.25, 0.3) is 0 Å². The zero-order chi connectivity index (χ0) is 9.68. The molecule has 1 aliphatic rings. The Balaban J connectivity index is 2.15. The molecule has 0 spiro atoms. The van der Waals surface area contributed by atoms with Crippen molar-refractivity contribution in [1.29, 1.82) is 0 Å². The highest BCUT2D eigenvalue weighted by atomic mass is 16.3. The molecule has 1 aliphatic carbocycles. The molecule has 0 radical (unpaired) electrons. The Kier molecular flexibility index (Phi) is 4.70. The average molecular weight is 186 g/mol. The Morgan fingerprint density at radius 2 is 1.85 bits per heavy atom. The molecule has 0 aromatic heterocycles. The van der Waals surface area contributed by atoms with Gasteiger partial charge in [0.25, 0.3) is 0 Å². The van der Waals surface area contributed by atoms with Crippen LogP contribution < -0.4 is 5.32 Å². The van der Waals surface area contributed by atoms with E-state index < -0.39 is 0 Å². The van der Waals surface area contributed by atoms with Gasteiger partial charge in [0.05, 0.1) is 6.61 Å². The van der Waals surface area contributed by atoms with Gasteiger partial charge >= 0.3 is 0 Å². The molecule has 1 rings (SSSR count). The SMILES string of the molecule is CN(C)[C@H]1CC[C@H](NCCO)CC1. The fourth-order valence-corrected chi connectivity index (χ4v) is 2.07. The predicted molar refractivity (Wildman–Crippen MR) is 54.8 cm³/mol. The van der Waals surface area contributed by atoms with E-state index in [0.717, 1.165) is 12.6 Å². The molecule has 0 saturated heterocycles. The van der Waals surface area contributed by atoms with Crippen molar-refractivity contribution in [2.24, 2.45) is 0 Å². The Bertz CT molecular complexity index is 131. The molecule has 0 heterocycles. The van der Waals surface area contributed by atoms with Crippen LogP contribution in [-0.4, -0.2) is 49.3 Å². The van der Waals surface area contributed by atoms with Crippen molar-refractivity contribution >= 4 is 0 Å². The van der Waals surface area contributed by atoms with Crippen LogP contribution in [-0.2, 0) is 0 Å². The number of aliphatic hydroxyl groups is 1. The third kappa shape index (κ3) is 3.63. The minimum absolute atomic E-state index is 0.258. The van der Waals surface area contributed by atoms with Gasteiger partial charge < -0.3 is 15.3 Å². The predicted octanol–water partition coefficient (Wildman–Crippen LogP) is 0.441. The number of aliphatic hydroxyl groups excluding tert-OH is 1. The number of nitrogens with zero attached hydrogens (tertiary/aromatic N) is 1. The summed E-state index contributed by atoms with van der Waals surface area (Å²) in [5, 5.41) is 12.0. The summed E-state index contributed by atoms with van der Waals surface area (Å²) in [6.45, 7) is 1.00. The van der Waals surface area contributed by atoms with Crippen molar-refractivity contribution in [3.63, 3.8) is 0 Å². The first-order valence-electron chi connectivity index (χ1n) is 5.24. The molecule has 13 heavy (non-hydrogen) atoms. The number of rotatable bonds is 4. The molecular formula is C10H22N2O. The standard InChI is InChI=1S/C10H22N2O/c1-12(2)10-5-3-9(4-6-10)11-7-8-13/h9-11,13H,3-8H2,1-2H3/t9-,10-. The van der Waals surface area contributed by atoms with Gasteiger partial charge in [-0.3, -0.25) is 0 Å². The van der Waals surface area contributed by atoms with Gasteiger partial charge in [-0.2, -0.15) is 0 Å². The maximum absolute atomic E-state index is 8.67. The monoisotopic (exact) mass is 186 g/mol. The van der Waals surface area contributed by atoms with Crippen LogP contribution in [0, 0.1) is 0 Å². The quantitative estimate of drug-likeness (QED) is 0.669. The fraction of sp³-hybridized carbons (Fsp3) is 1.00. The second-order valence-corrected chi connectivity index (χ2v) is 4.15. The van der Waals surface area contributed by atoms with Crippen molar-refractivity contribution in [2.75, 3.05) is 27.2 Å². The fourth-order valence-electron chi connectivity index (χ4n) is 2.07. The van der Waals surface area contributed by atoms with Crippen molar-refractivity contribution in [3.8, 4) is 0 Å². The lowest BCUT2D eigenvalue weighted by molar-refractivity contribution is 0.198. The third-order valence-corrected chi connectivity index (χ3v) is 2.97. The Hall–Kier alpha value is -0.120. The van der Waals surface area contributed by atoms with E-state index in [0.29, 0.717) is 6.04 Å². The van der Waals surface area contributed by atoms with Gasteiger partial charge in [0.1, 0.15) is 0 Å². The van der Waals surface area contributed by atoms with Crippen molar-refractivity contribution < 1.29 is 5.11 Å². The first kappa shape index (κ1) is 11.0. The summed E-state index contributed by atoms with van der Waals surface area (Å²) in [5.41, 5.74) is 0. The lowest BCUT2D eigenvalue weighted by Gasteiger charge is -2.32. The number of nitrogens with one attached hydrogen (secondary N) is 1. The van der Waals surface area contributed by atoms with Crippen molar-refractivity contribution in [1.82, 2.24) is 10.2 Å². The normalized spacial score (nSPS) is 29.5. The van der Waals surface area contributed by atoms with Crippen LogP contribution >= 0.6 is 0 Å². The molecular weight excluding hydrogens is 164 g/mol. The van der Waals surface area contributed by atoms with Crippen molar-refractivity contribution in [3.05, 3.63) is 0 Å². The van der Waals surface area contributed by atoms with E-state index in [9.17, 15) is 0 Å². The zero-order valence-electron chi connectivity index (χ0n) is 8.79. The first-order valence-corrected chi connectivity index (χ1v) is 5.24. The summed E-state index contributed by atoms with van der Waals surface area (Å²) in [6, 6.07) is 1.41. The molecule has 0 aliphatic heterocycles. The molecule has 0 bridgehead atoms. The van der Waals surface area contributed by atoms with E-state index in [2.05, 4.69) is 24.3 Å². The molecule has 0 aromatic rings. The molecule has 0 unspecified atom stereocenters. The summed E-state index contributed by atoms with van der Waals surface area (Å²) in [4.78, 5) is 2.32. The van der Waals surface area contributed by atoms with Crippen LogP contribution in [0.15, 0.2) is 0 Å². The van der Waals surface area contributed by atoms with Gasteiger partial charge in [-0.25, -0.2) is 0 Å². The maximum Gasteiger partial charge on any atom is 0.0556 e. The zero-order valence-corrected chi connectivity index (χ0v) is 8.79. The highest BCUT2D eigenvalue weighted by molar-refractivity contribution is 4.80. The molecule has 2 N–H and O–H groups in total. The lowest BCUT2D eigenvalue weighted by Crippen LogP contribution is -2.40. The van der Waals surface area contributed by atoms with Crippen LogP contribution in [0.1, 0.15) is 25.7 Å². The molecule has 1 saturated carbocycles. The van der Waals surface area contributed by atoms with Crippen LogP contribution in [0.5, 0.6) is 0 Å². The number of hydrogen-bond donors (Lipinski definition) is 2. The van der Waals surface area contributed by atoms with Gasteiger partial charge in [-0.15, -0.1) is 0 Å². The molecule has 0 amide bonds. The van der Waals surface area contributed by atoms with E-state index in [1.54, 1.807) is 0 Å². The average Bonchev–Trinajstić information content (AvgIpc) is 2.15. The minimum atomic E-state index is 0.258. The Labute approximate surface area is 81.1 Å². The summed E-state index contributed by atoms with van der Waals surface area (Å²) in [7, 11) is 4.32. The molecule has 3 nitrogen and oxygen atoms in total. The van der Waals surface area contributed by atoms with E-state index in [-0.39, 0.29) is 6.61 Å². The largest absolute Gasteiger partial charge is 0.395 e. The highest BCUT2D eigenvalue weighted by Crippen LogP contribution is 2.21. The van der Waals surface area contributed by atoms with E-state index in [1.165, 1.54) is 25.7 Å². The first-order chi connectivity index (χ1) is 6.24. The lowest BCUT2D eigenvalue weighted by atomic mass is 9.90. The maximum atomic E-state index is 8.67.